The van der Waals surface area contributed by atoms with E-state index in [1.807, 2.05) is 13.1 Å². The van der Waals surface area contributed by atoms with Gasteiger partial charge in [0.2, 0.25) is 5.88 Å². The number of fused-ring (bicyclic) bond motifs is 5. The van der Waals surface area contributed by atoms with Gasteiger partial charge in [0.15, 0.2) is 0 Å². The molecule has 30 heavy (non-hydrogen) atoms. The number of H-pyrrole nitrogens is 1. The zero-order chi connectivity index (χ0) is 20.2. The highest BCUT2D eigenvalue weighted by Gasteiger charge is 2.35. The number of benzene rings is 1. The van der Waals surface area contributed by atoms with Gasteiger partial charge in [-0.1, -0.05) is 12.1 Å². The van der Waals surface area contributed by atoms with Crippen LogP contribution in [0.15, 0.2) is 36.5 Å². The minimum atomic E-state index is 0.546. The summed E-state index contributed by atoms with van der Waals surface area (Å²) in [6, 6.07) is 12.8. The monoisotopic (exact) mass is 401 g/mol. The quantitative estimate of drug-likeness (QED) is 0.693. The van der Waals surface area contributed by atoms with Gasteiger partial charge in [-0.3, -0.25) is 5.10 Å². The average Bonchev–Trinajstić information content (AvgIpc) is 3.36. The van der Waals surface area contributed by atoms with Gasteiger partial charge in [0.05, 0.1) is 6.20 Å². The van der Waals surface area contributed by atoms with Crippen LogP contribution < -0.4 is 15.0 Å². The Morgan fingerprint density at radius 3 is 2.60 bits per heavy atom. The summed E-state index contributed by atoms with van der Waals surface area (Å²) in [7, 11) is 2.18. The number of aryl methyl sites for hydroxylation is 1. The molecule has 5 heterocycles. The lowest BCUT2D eigenvalue weighted by atomic mass is 9.94. The minimum absolute atomic E-state index is 0.546. The van der Waals surface area contributed by atoms with Crippen LogP contribution in [-0.4, -0.2) is 40.4 Å². The van der Waals surface area contributed by atoms with Crippen molar-refractivity contribution in [2.45, 2.75) is 57.3 Å². The molecular formula is C24H27N5O. The first-order valence-corrected chi connectivity index (χ1v) is 10.9. The predicted molar refractivity (Wildman–Crippen MR) is 118 cm³/mol. The topological polar surface area (TPSA) is 66.1 Å². The van der Waals surface area contributed by atoms with E-state index in [1.54, 1.807) is 0 Å². The third-order valence-corrected chi connectivity index (χ3v) is 7.10. The second-order valence-corrected chi connectivity index (χ2v) is 8.97. The number of aromatic nitrogens is 3. The first-order valence-electron chi connectivity index (χ1n) is 10.9. The molecule has 154 valence electrons. The van der Waals surface area contributed by atoms with E-state index in [0.29, 0.717) is 24.7 Å². The number of nitrogens with one attached hydrogen (secondary N) is 2. The molecule has 2 fully saturated rings. The van der Waals surface area contributed by atoms with Gasteiger partial charge in [-0.25, -0.2) is 0 Å². The molecule has 3 aliphatic rings. The van der Waals surface area contributed by atoms with Crippen LogP contribution in [0.25, 0.3) is 22.3 Å². The van der Waals surface area contributed by atoms with Crippen molar-refractivity contribution in [1.29, 1.82) is 0 Å². The summed E-state index contributed by atoms with van der Waals surface area (Å²) in [6.07, 6.45) is 6.91. The van der Waals surface area contributed by atoms with Crippen molar-refractivity contribution in [3.05, 3.63) is 47.8 Å². The molecule has 6 nitrogen and oxygen atoms in total. The molecule has 6 heteroatoms. The van der Waals surface area contributed by atoms with Crippen LogP contribution in [0, 0.1) is 6.92 Å². The zero-order valence-electron chi connectivity index (χ0n) is 17.5. The van der Waals surface area contributed by atoms with Gasteiger partial charge >= 0.3 is 0 Å². The molecule has 2 bridgehead atoms. The van der Waals surface area contributed by atoms with E-state index in [4.69, 9.17) is 9.72 Å². The van der Waals surface area contributed by atoms with Crippen molar-refractivity contribution in [3.63, 3.8) is 0 Å². The van der Waals surface area contributed by atoms with Crippen LogP contribution in [0.4, 0.5) is 5.82 Å². The molecule has 1 aromatic carbocycles. The van der Waals surface area contributed by atoms with E-state index in [2.05, 4.69) is 57.8 Å². The van der Waals surface area contributed by atoms with Crippen molar-refractivity contribution in [1.82, 2.24) is 20.5 Å². The van der Waals surface area contributed by atoms with Crippen LogP contribution >= 0.6 is 0 Å². The molecule has 0 spiro atoms. The Morgan fingerprint density at radius 2 is 1.83 bits per heavy atom. The van der Waals surface area contributed by atoms with Crippen LogP contribution in [0.1, 0.15) is 36.9 Å². The summed E-state index contributed by atoms with van der Waals surface area (Å²) in [5.41, 5.74) is 6.86. The van der Waals surface area contributed by atoms with Crippen molar-refractivity contribution in [2.24, 2.45) is 0 Å². The number of piperidine rings is 1. The largest absolute Gasteiger partial charge is 0.472 e. The molecule has 0 unspecified atom stereocenters. The van der Waals surface area contributed by atoms with Crippen LogP contribution in [0.3, 0.4) is 0 Å². The third kappa shape index (κ3) is 2.89. The highest BCUT2D eigenvalue weighted by atomic mass is 16.5. The van der Waals surface area contributed by atoms with Crippen LogP contribution in [0.2, 0.25) is 0 Å². The molecule has 0 amide bonds. The zero-order valence-corrected chi connectivity index (χ0v) is 17.5. The molecule has 3 aromatic rings. The molecule has 0 radical (unpaired) electrons. The van der Waals surface area contributed by atoms with E-state index >= 15 is 0 Å². The highest BCUT2D eigenvalue weighted by molar-refractivity contribution is 5.78. The van der Waals surface area contributed by atoms with E-state index < -0.39 is 0 Å². The SMILES string of the molecule is Cc1[nH]ncc1-c1ccc2c(c1)COc1nc(N(C)[C@@H]3C[C@H]4CC[C@@H](C3)N4)ccc1-2. The molecule has 2 N–H and O–H groups in total. The number of hydrogen-bond acceptors (Lipinski definition) is 5. The lowest BCUT2D eigenvalue weighted by molar-refractivity contribution is 0.289. The number of ether oxygens (including phenoxy) is 1. The number of aromatic amines is 1. The Morgan fingerprint density at radius 1 is 1.03 bits per heavy atom. The first-order chi connectivity index (χ1) is 14.7. The van der Waals surface area contributed by atoms with Gasteiger partial charge < -0.3 is 15.0 Å². The van der Waals surface area contributed by atoms with Gasteiger partial charge in [0.1, 0.15) is 12.4 Å². The number of pyridine rings is 1. The molecule has 6 rings (SSSR count). The van der Waals surface area contributed by atoms with E-state index in [-0.39, 0.29) is 0 Å². The van der Waals surface area contributed by atoms with Gasteiger partial charge in [0, 0.05) is 42.0 Å². The minimum Gasteiger partial charge on any atom is -0.472 e. The maximum absolute atomic E-state index is 6.11. The summed E-state index contributed by atoms with van der Waals surface area (Å²) in [4.78, 5) is 7.27. The average molecular weight is 402 g/mol. The molecule has 0 aliphatic carbocycles. The Hall–Kier alpha value is -2.86. The molecule has 2 saturated heterocycles. The summed E-state index contributed by atoms with van der Waals surface area (Å²) in [5, 5.41) is 10.9. The summed E-state index contributed by atoms with van der Waals surface area (Å²) < 4.78 is 6.11. The van der Waals surface area contributed by atoms with Crippen molar-refractivity contribution >= 4 is 5.82 Å². The van der Waals surface area contributed by atoms with Crippen molar-refractivity contribution in [3.8, 4) is 28.1 Å². The first kappa shape index (κ1) is 18.0. The fraction of sp³-hybridized carbons (Fsp3) is 0.417. The van der Waals surface area contributed by atoms with E-state index in [1.165, 1.54) is 36.8 Å². The lowest BCUT2D eigenvalue weighted by Crippen LogP contribution is -2.47. The standard InChI is InChI=1S/C24H27N5O/c1-14-22(12-25-28-14)15-3-6-20-16(9-15)13-30-24-21(20)7-8-23(27-24)29(2)19-10-17-4-5-18(11-19)26-17/h3,6-9,12,17-19,26H,4-5,10-11,13H2,1-2H3,(H,25,28)/t17-,18+,19-. The predicted octanol–water partition coefficient (Wildman–Crippen LogP) is 4.06. The normalized spacial score (nSPS) is 24.1. The Bertz CT molecular complexity index is 1090. The Kier molecular flexibility index (Phi) is 4.09. The van der Waals surface area contributed by atoms with Crippen molar-refractivity contribution < 1.29 is 4.74 Å². The molecule has 3 atom stereocenters. The smallest absolute Gasteiger partial charge is 0.223 e. The number of nitrogens with zero attached hydrogens (tertiary/aromatic N) is 3. The van der Waals surface area contributed by atoms with Gasteiger partial charge in [0.25, 0.3) is 0 Å². The second kappa shape index (κ2) is 6.84. The van der Waals surface area contributed by atoms with Crippen molar-refractivity contribution in [2.75, 3.05) is 11.9 Å². The van der Waals surface area contributed by atoms with E-state index in [0.717, 1.165) is 34.1 Å². The number of rotatable bonds is 3. The summed E-state index contributed by atoms with van der Waals surface area (Å²) in [6.45, 7) is 2.59. The fourth-order valence-corrected chi connectivity index (χ4v) is 5.40. The van der Waals surface area contributed by atoms with Crippen LogP contribution in [-0.2, 0) is 6.61 Å². The van der Waals surface area contributed by atoms with Crippen LogP contribution in [0.5, 0.6) is 5.88 Å². The summed E-state index contributed by atoms with van der Waals surface area (Å²) in [5.74, 6) is 1.75. The highest BCUT2D eigenvalue weighted by Crippen LogP contribution is 2.40. The Labute approximate surface area is 176 Å². The van der Waals surface area contributed by atoms with Gasteiger partial charge in [-0.05, 0) is 67.5 Å². The third-order valence-electron chi connectivity index (χ3n) is 7.10. The number of anilines is 1. The maximum Gasteiger partial charge on any atom is 0.223 e. The molecule has 0 saturated carbocycles. The maximum atomic E-state index is 6.11. The van der Waals surface area contributed by atoms with E-state index in [9.17, 15) is 0 Å². The van der Waals surface area contributed by atoms with Gasteiger partial charge in [-0.15, -0.1) is 0 Å². The lowest BCUT2D eigenvalue weighted by Gasteiger charge is -2.36. The fourth-order valence-electron chi connectivity index (χ4n) is 5.40. The second-order valence-electron chi connectivity index (χ2n) is 8.97. The molecule has 2 aromatic heterocycles. The van der Waals surface area contributed by atoms with Gasteiger partial charge in [-0.2, -0.15) is 10.1 Å². The molecular weight excluding hydrogens is 374 g/mol. The number of hydrogen-bond donors (Lipinski definition) is 2. The Balaban J connectivity index is 1.29. The summed E-state index contributed by atoms with van der Waals surface area (Å²) >= 11 is 0. The molecule has 3 aliphatic heterocycles.